The van der Waals surface area contributed by atoms with Crippen LogP contribution in [-0.2, 0) is 9.53 Å². The zero-order valence-corrected chi connectivity index (χ0v) is 10.9. The minimum Gasteiger partial charge on any atom is -0.465 e. The molecule has 19 heavy (non-hydrogen) atoms. The van der Waals surface area contributed by atoms with Crippen molar-refractivity contribution in [2.24, 2.45) is 0 Å². The van der Waals surface area contributed by atoms with Gasteiger partial charge in [0.15, 0.2) is 0 Å². The zero-order chi connectivity index (χ0) is 14.3. The van der Waals surface area contributed by atoms with Crippen LogP contribution in [-0.4, -0.2) is 18.1 Å². The van der Waals surface area contributed by atoms with Crippen LogP contribution < -0.4 is 0 Å². The predicted molar refractivity (Wildman–Crippen MR) is 66.5 cm³/mol. The maximum absolute atomic E-state index is 12.1. The number of carbonyl (C=O) groups is 1. The fourth-order valence-electron chi connectivity index (χ4n) is 1.17. The van der Waals surface area contributed by atoms with E-state index in [-0.39, 0.29) is 23.1 Å². The number of ether oxygens (including phenoxy) is 1. The van der Waals surface area contributed by atoms with Crippen LogP contribution in [0.5, 0.6) is 0 Å². The summed E-state index contributed by atoms with van der Waals surface area (Å²) >= 11 is -0.178. The first-order chi connectivity index (χ1) is 8.90. The summed E-state index contributed by atoms with van der Waals surface area (Å²) in [7, 11) is 0. The standard InChI is InChI=1S/C13H11F3O2S/c1-2-18-12(17)5-3-4-10-6-8-11(9-7-10)19-13(14,15)16/h6-9H,2,5H2,1H3. The van der Waals surface area contributed by atoms with Crippen LogP contribution in [0.2, 0.25) is 0 Å². The second kappa shape index (κ2) is 7.10. The van der Waals surface area contributed by atoms with E-state index in [0.29, 0.717) is 12.2 Å². The molecule has 0 amide bonds. The number of rotatable bonds is 3. The molecule has 0 unspecified atom stereocenters. The fraction of sp³-hybridized carbons (Fsp3) is 0.308. The van der Waals surface area contributed by atoms with Gasteiger partial charge in [0.25, 0.3) is 0 Å². The van der Waals surface area contributed by atoms with Gasteiger partial charge in [-0.15, -0.1) is 0 Å². The van der Waals surface area contributed by atoms with Crippen LogP contribution in [0.25, 0.3) is 0 Å². The van der Waals surface area contributed by atoms with Crippen molar-refractivity contribution in [2.45, 2.75) is 23.7 Å². The van der Waals surface area contributed by atoms with Crippen LogP contribution in [0.15, 0.2) is 29.2 Å². The molecule has 1 aromatic rings. The van der Waals surface area contributed by atoms with E-state index >= 15 is 0 Å². The monoisotopic (exact) mass is 288 g/mol. The topological polar surface area (TPSA) is 26.3 Å². The Morgan fingerprint density at radius 3 is 2.47 bits per heavy atom. The number of hydrogen-bond donors (Lipinski definition) is 0. The molecule has 0 heterocycles. The van der Waals surface area contributed by atoms with Crippen molar-refractivity contribution in [1.29, 1.82) is 0 Å². The predicted octanol–water partition coefficient (Wildman–Crippen LogP) is 3.60. The van der Waals surface area contributed by atoms with Crippen molar-refractivity contribution in [2.75, 3.05) is 6.61 Å². The molecule has 0 saturated carbocycles. The summed E-state index contributed by atoms with van der Waals surface area (Å²) in [6.07, 6.45) is -0.0348. The third-order valence-corrected chi connectivity index (χ3v) is 2.60. The number of esters is 1. The van der Waals surface area contributed by atoms with E-state index in [1.807, 2.05) is 0 Å². The minimum atomic E-state index is -4.29. The number of halogens is 3. The molecular formula is C13H11F3O2S. The number of benzene rings is 1. The fourth-order valence-corrected chi connectivity index (χ4v) is 1.71. The molecule has 0 fully saturated rings. The first kappa shape index (κ1) is 15.4. The molecule has 0 atom stereocenters. The molecule has 0 aliphatic rings. The van der Waals surface area contributed by atoms with Gasteiger partial charge in [0, 0.05) is 10.5 Å². The van der Waals surface area contributed by atoms with E-state index in [2.05, 4.69) is 16.6 Å². The van der Waals surface area contributed by atoms with Gasteiger partial charge in [0.05, 0.1) is 6.61 Å². The number of alkyl halides is 3. The Bertz CT molecular complexity index is 483. The van der Waals surface area contributed by atoms with Gasteiger partial charge in [-0.3, -0.25) is 4.79 Å². The second-order valence-electron chi connectivity index (χ2n) is 3.36. The van der Waals surface area contributed by atoms with Crippen molar-refractivity contribution in [3.05, 3.63) is 29.8 Å². The largest absolute Gasteiger partial charge is 0.465 e. The Hall–Kier alpha value is -1.61. The van der Waals surface area contributed by atoms with Gasteiger partial charge in [0.2, 0.25) is 0 Å². The van der Waals surface area contributed by atoms with E-state index in [1.165, 1.54) is 24.3 Å². The van der Waals surface area contributed by atoms with Crippen LogP contribution in [0.1, 0.15) is 18.9 Å². The van der Waals surface area contributed by atoms with Gasteiger partial charge in [-0.05, 0) is 43.0 Å². The van der Waals surface area contributed by atoms with E-state index < -0.39 is 11.5 Å². The van der Waals surface area contributed by atoms with Crippen molar-refractivity contribution in [3.8, 4) is 11.8 Å². The quantitative estimate of drug-likeness (QED) is 0.483. The average molecular weight is 288 g/mol. The highest BCUT2D eigenvalue weighted by molar-refractivity contribution is 8.00. The smallest absolute Gasteiger partial charge is 0.446 e. The van der Waals surface area contributed by atoms with Crippen molar-refractivity contribution in [1.82, 2.24) is 0 Å². The van der Waals surface area contributed by atoms with Crippen LogP contribution in [0.4, 0.5) is 13.2 Å². The number of hydrogen-bond acceptors (Lipinski definition) is 3. The Morgan fingerprint density at radius 2 is 1.95 bits per heavy atom. The highest BCUT2D eigenvalue weighted by Gasteiger charge is 2.28. The molecule has 0 saturated heterocycles. The lowest BCUT2D eigenvalue weighted by Crippen LogP contribution is -2.01. The molecule has 0 radical (unpaired) electrons. The Kier molecular flexibility index (Phi) is 5.77. The summed E-state index contributed by atoms with van der Waals surface area (Å²) in [4.78, 5) is 11.1. The minimum absolute atomic E-state index is 0.0348. The van der Waals surface area contributed by atoms with Gasteiger partial charge in [0.1, 0.15) is 6.42 Å². The van der Waals surface area contributed by atoms with Crippen molar-refractivity contribution >= 4 is 17.7 Å². The first-order valence-electron chi connectivity index (χ1n) is 5.41. The SMILES string of the molecule is CCOC(=O)CC#Cc1ccc(SC(F)(F)F)cc1. The normalized spacial score (nSPS) is 10.5. The molecule has 0 bridgehead atoms. The summed E-state index contributed by atoms with van der Waals surface area (Å²) in [6, 6.07) is 5.64. The van der Waals surface area contributed by atoms with Crippen LogP contribution >= 0.6 is 11.8 Å². The Morgan fingerprint density at radius 1 is 1.32 bits per heavy atom. The number of carbonyl (C=O) groups excluding carboxylic acids is 1. The Labute approximate surface area is 113 Å². The van der Waals surface area contributed by atoms with Gasteiger partial charge in [-0.25, -0.2) is 0 Å². The Balaban J connectivity index is 2.58. The van der Waals surface area contributed by atoms with E-state index in [4.69, 9.17) is 0 Å². The van der Waals surface area contributed by atoms with E-state index in [9.17, 15) is 18.0 Å². The highest BCUT2D eigenvalue weighted by atomic mass is 32.2. The first-order valence-corrected chi connectivity index (χ1v) is 6.22. The molecule has 0 spiro atoms. The van der Waals surface area contributed by atoms with Gasteiger partial charge in [-0.1, -0.05) is 11.8 Å². The lowest BCUT2D eigenvalue weighted by molar-refractivity contribution is -0.141. The molecule has 6 heteroatoms. The molecule has 1 aromatic carbocycles. The van der Waals surface area contributed by atoms with E-state index in [0.717, 1.165) is 0 Å². The van der Waals surface area contributed by atoms with Gasteiger partial charge in [-0.2, -0.15) is 13.2 Å². The summed E-state index contributed by atoms with van der Waals surface area (Å²) in [5.74, 6) is 4.87. The molecular weight excluding hydrogens is 277 g/mol. The molecule has 102 valence electrons. The maximum atomic E-state index is 12.1. The number of thioether (sulfide) groups is 1. The molecule has 0 aliphatic carbocycles. The van der Waals surface area contributed by atoms with Crippen molar-refractivity contribution in [3.63, 3.8) is 0 Å². The zero-order valence-electron chi connectivity index (χ0n) is 10.1. The molecule has 0 N–H and O–H groups in total. The molecule has 0 aromatic heterocycles. The van der Waals surface area contributed by atoms with Crippen LogP contribution in [0, 0.1) is 11.8 Å². The summed E-state index contributed by atoms with van der Waals surface area (Å²) in [6.45, 7) is 1.99. The lowest BCUT2D eigenvalue weighted by atomic mass is 10.2. The second-order valence-corrected chi connectivity index (χ2v) is 4.49. The van der Waals surface area contributed by atoms with Gasteiger partial charge < -0.3 is 4.74 Å². The summed E-state index contributed by atoms with van der Waals surface area (Å²) < 4.78 is 41.0. The summed E-state index contributed by atoms with van der Waals surface area (Å²) in [5, 5.41) is 0. The molecule has 0 aliphatic heterocycles. The summed E-state index contributed by atoms with van der Waals surface area (Å²) in [5.41, 5.74) is -3.74. The van der Waals surface area contributed by atoms with Gasteiger partial charge >= 0.3 is 11.5 Å². The molecule has 2 nitrogen and oxygen atoms in total. The third kappa shape index (κ3) is 6.77. The van der Waals surface area contributed by atoms with Crippen LogP contribution in [0.3, 0.4) is 0 Å². The molecule has 1 rings (SSSR count). The average Bonchev–Trinajstić information content (AvgIpc) is 2.30. The highest BCUT2D eigenvalue weighted by Crippen LogP contribution is 2.36. The maximum Gasteiger partial charge on any atom is 0.446 e. The lowest BCUT2D eigenvalue weighted by Gasteiger charge is -2.04. The third-order valence-electron chi connectivity index (χ3n) is 1.86. The van der Waals surface area contributed by atoms with Crippen molar-refractivity contribution < 1.29 is 22.7 Å². The van der Waals surface area contributed by atoms with E-state index in [1.54, 1.807) is 6.92 Å².